The highest BCUT2D eigenvalue weighted by Crippen LogP contribution is 2.61. The van der Waals surface area contributed by atoms with Crippen LogP contribution in [0.25, 0.3) is 129 Å². The van der Waals surface area contributed by atoms with Gasteiger partial charge in [-0.25, -0.2) is 0 Å². The lowest BCUT2D eigenvalue weighted by atomic mass is 9.72. The number of aryl methyl sites for hydroxylation is 6. The molecule has 0 heteroatoms. The van der Waals surface area contributed by atoms with Gasteiger partial charge in [0.1, 0.15) is 0 Å². The van der Waals surface area contributed by atoms with E-state index in [1.165, 1.54) is 219 Å². The van der Waals surface area contributed by atoms with E-state index in [0.717, 1.165) is 74.0 Å². The van der Waals surface area contributed by atoms with Crippen LogP contribution < -0.4 is 0 Å². The van der Waals surface area contributed by atoms with Gasteiger partial charge in [-0.15, -0.1) is 0 Å². The van der Waals surface area contributed by atoms with Crippen LogP contribution in [0.15, 0.2) is 72.8 Å². The van der Waals surface area contributed by atoms with Gasteiger partial charge in [0.25, 0.3) is 0 Å². The number of benzene rings is 13. The third kappa shape index (κ3) is 15.8. The van der Waals surface area contributed by atoms with Crippen LogP contribution in [-0.4, -0.2) is 0 Å². The first kappa shape index (κ1) is 74.8. The topological polar surface area (TPSA) is 0 Å². The third-order valence-corrected chi connectivity index (χ3v) is 26.4. The Morgan fingerprint density at radius 3 is 0.373 bits per heavy atom. The number of hydrogen-bond donors (Lipinski definition) is 0. The molecule has 0 aromatic heterocycles. The Morgan fingerprint density at radius 1 is 0.147 bits per heavy atom. The molecular formula is C102H138. The van der Waals surface area contributed by atoms with Crippen LogP contribution in [0.3, 0.4) is 0 Å². The van der Waals surface area contributed by atoms with E-state index in [1.807, 2.05) is 0 Å². The van der Waals surface area contributed by atoms with Crippen molar-refractivity contribution in [2.45, 2.75) is 317 Å². The molecule has 0 aliphatic rings. The fourth-order valence-electron chi connectivity index (χ4n) is 20.1. The van der Waals surface area contributed by atoms with Crippen molar-refractivity contribution in [2.24, 2.45) is 71.0 Å². The average molecular weight is 1360 g/mol. The number of rotatable bonds is 42. The molecule has 0 unspecified atom stereocenters. The minimum Gasteiger partial charge on any atom is -0.0628 e. The summed E-state index contributed by atoms with van der Waals surface area (Å²) >= 11 is 0. The lowest BCUT2D eigenvalue weighted by molar-refractivity contribution is 0.437. The van der Waals surface area contributed by atoms with Gasteiger partial charge in [0.2, 0.25) is 0 Å². The monoisotopic (exact) mass is 1360 g/mol. The lowest BCUT2D eigenvalue weighted by Gasteiger charge is -2.30. The van der Waals surface area contributed by atoms with Crippen molar-refractivity contribution in [2.75, 3.05) is 0 Å². The van der Waals surface area contributed by atoms with Crippen molar-refractivity contribution in [3.05, 3.63) is 106 Å². The second-order valence-corrected chi connectivity index (χ2v) is 38.5. The normalized spacial score (nSPS) is 15.1. The largest absolute Gasteiger partial charge is 0.0628 e. The summed E-state index contributed by atoms with van der Waals surface area (Å²) in [6.07, 6.45) is 38.1. The number of fused-ring (bicyclic) bond motifs is 6. The molecule has 6 atom stereocenters. The maximum Gasteiger partial charge on any atom is -0.0000472 e. The van der Waals surface area contributed by atoms with Gasteiger partial charge in [0.15, 0.2) is 0 Å². The molecular weight excluding hydrogens is 1230 g/mol. The van der Waals surface area contributed by atoms with E-state index in [9.17, 15) is 0 Å². The van der Waals surface area contributed by atoms with E-state index < -0.39 is 0 Å². The molecule has 13 rings (SSSR count). The van der Waals surface area contributed by atoms with Gasteiger partial charge in [-0.1, -0.05) is 313 Å². The summed E-state index contributed by atoms with van der Waals surface area (Å²) in [5.41, 5.74) is 9.29. The highest BCUT2D eigenvalue weighted by atomic mass is 14.4. The molecule has 0 N–H and O–H groups in total. The molecule has 13 aromatic rings. The minimum absolute atomic E-state index is 0.693. The maximum atomic E-state index is 2.79. The Kier molecular flexibility index (Phi) is 23.7. The molecule has 0 saturated carbocycles. The van der Waals surface area contributed by atoms with Gasteiger partial charge in [-0.2, -0.15) is 0 Å². The molecule has 0 fully saturated rings. The fraction of sp³-hybridized carbons (Fsp3) is 0.588. The van der Waals surface area contributed by atoms with Crippen molar-refractivity contribution in [1.29, 1.82) is 0 Å². The molecule has 0 nitrogen and oxygen atoms in total. The highest BCUT2D eigenvalue weighted by molar-refractivity contribution is 6.61. The minimum atomic E-state index is 0.693. The summed E-state index contributed by atoms with van der Waals surface area (Å²) < 4.78 is 0. The van der Waals surface area contributed by atoms with Crippen molar-refractivity contribution >= 4 is 129 Å². The molecule has 0 aliphatic heterocycles. The molecule has 13 aromatic carbocycles. The summed E-state index contributed by atoms with van der Waals surface area (Å²) in [5, 5.41) is 37.1. The van der Waals surface area contributed by atoms with E-state index in [2.05, 4.69) is 197 Å². The molecule has 0 heterocycles. The Hall–Kier alpha value is -5.46. The molecule has 0 aliphatic carbocycles. The molecule has 0 saturated heterocycles. The summed E-state index contributed by atoms with van der Waals surface area (Å²) in [4.78, 5) is 0. The second-order valence-electron chi connectivity index (χ2n) is 38.5. The van der Waals surface area contributed by atoms with E-state index in [1.54, 1.807) is 98.0 Å². The standard InChI is InChI=1S/C102H138/c1-61(2)25-19-31-67(13)37-43-73-49-79-81-51-74(44-38-68(14)32-20-26-62(3)4)53-83-85-55-76(46-40-70(16)34-22-28-64(7)8)57-87-89-59-78(48-42-72(18)36-24-30-66(11)12)60-90-88-58-77(47-41-71(17)35-23-29-65(9)10)56-86-84-54-75(45-39-69(15)33-21-27-63(5)6)52-82-80(50-73)91(79)97-98(92(81)83)100(94(85)87)102(96(89)90)101(95(86)88)99(97)93(82)84/h49-72H,19-48H2,1-18H3/t67-,68-,69-,70-,71-,72-/m0/s1. The summed E-state index contributed by atoms with van der Waals surface area (Å²) in [6, 6.07) is 33.5. The second kappa shape index (κ2) is 32.3. The Morgan fingerprint density at radius 2 is 0.265 bits per heavy atom. The fourth-order valence-corrected chi connectivity index (χ4v) is 20.1. The average Bonchev–Trinajstić information content (AvgIpc) is 0.643. The van der Waals surface area contributed by atoms with E-state index in [4.69, 9.17) is 0 Å². The van der Waals surface area contributed by atoms with Crippen LogP contribution in [0, 0.1) is 71.0 Å². The zero-order valence-corrected chi connectivity index (χ0v) is 68.1. The Labute approximate surface area is 619 Å². The number of hydrogen-bond acceptors (Lipinski definition) is 0. The first-order valence-corrected chi connectivity index (χ1v) is 43.3. The van der Waals surface area contributed by atoms with Crippen LogP contribution in [0.4, 0.5) is 0 Å². The summed E-state index contributed by atoms with van der Waals surface area (Å²) in [6.45, 7) is 44.3. The van der Waals surface area contributed by atoms with Crippen molar-refractivity contribution in [1.82, 2.24) is 0 Å². The van der Waals surface area contributed by atoms with Gasteiger partial charge < -0.3 is 0 Å². The first-order chi connectivity index (χ1) is 49.0. The van der Waals surface area contributed by atoms with Crippen molar-refractivity contribution in [3.63, 3.8) is 0 Å². The summed E-state index contributed by atoms with van der Waals surface area (Å²) in [7, 11) is 0. The molecule has 102 heavy (non-hydrogen) atoms. The third-order valence-electron chi connectivity index (χ3n) is 26.4. The van der Waals surface area contributed by atoms with Crippen LogP contribution in [-0.2, 0) is 38.5 Å². The van der Waals surface area contributed by atoms with Gasteiger partial charge in [-0.3, -0.25) is 0 Å². The predicted molar refractivity (Wildman–Crippen MR) is 461 cm³/mol. The van der Waals surface area contributed by atoms with Gasteiger partial charge in [0.05, 0.1) is 0 Å². The maximum absolute atomic E-state index is 2.79. The van der Waals surface area contributed by atoms with Crippen LogP contribution in [0.1, 0.15) is 312 Å². The molecule has 0 radical (unpaired) electrons. The van der Waals surface area contributed by atoms with Crippen LogP contribution in [0.2, 0.25) is 0 Å². The van der Waals surface area contributed by atoms with Crippen molar-refractivity contribution < 1.29 is 0 Å². The molecule has 0 amide bonds. The molecule has 0 spiro atoms. The van der Waals surface area contributed by atoms with Crippen molar-refractivity contribution in [3.8, 4) is 0 Å². The smallest absolute Gasteiger partial charge is 0.0000472 e. The Bertz CT molecular complexity index is 3850. The predicted octanol–water partition coefficient (Wildman–Crippen LogP) is 32.5. The zero-order valence-electron chi connectivity index (χ0n) is 68.1. The van der Waals surface area contributed by atoms with E-state index >= 15 is 0 Å². The Balaban J connectivity index is 1.16. The van der Waals surface area contributed by atoms with Crippen LogP contribution >= 0.6 is 0 Å². The van der Waals surface area contributed by atoms with E-state index in [0.29, 0.717) is 35.5 Å². The van der Waals surface area contributed by atoms with Gasteiger partial charge in [0, 0.05) is 0 Å². The quantitative estimate of drug-likeness (QED) is 0.0264. The molecule has 0 bridgehead atoms. The van der Waals surface area contributed by atoms with E-state index in [-0.39, 0.29) is 0 Å². The SMILES string of the molecule is CC(C)CCC[C@H](C)CCc1cc2c3cc(CC[C@@H](C)CCCC(C)C)cc4c5cc(CC[C@@H](C)CCCC(C)C)cc6c7cc(CC[C@@H](C)CCCC(C)C)cc8c9cc(CC[C@@H](C)CCCC(C)C)cc%10c%11cc(CC[C@@H](C)CCCC(C)C)cc%12c(c1)c2c1c(c34)c(c56)c(c78)c(c%109)c1c%12%11. The molecule has 546 valence electrons. The highest BCUT2D eigenvalue weighted by Gasteiger charge is 2.33. The van der Waals surface area contributed by atoms with Gasteiger partial charge in [-0.05, 0) is 311 Å². The van der Waals surface area contributed by atoms with Crippen LogP contribution in [0.5, 0.6) is 0 Å². The van der Waals surface area contributed by atoms with Gasteiger partial charge >= 0.3 is 0 Å². The first-order valence-electron chi connectivity index (χ1n) is 43.3. The summed E-state index contributed by atoms with van der Waals surface area (Å²) in [5.74, 6) is 8.73. The lowest BCUT2D eigenvalue weighted by Crippen LogP contribution is -2.05. The zero-order chi connectivity index (χ0) is 71.9.